The molecule has 3 unspecified atom stereocenters. The summed E-state index contributed by atoms with van der Waals surface area (Å²) in [6.45, 7) is 0. The highest BCUT2D eigenvalue weighted by molar-refractivity contribution is 6.30. The van der Waals surface area contributed by atoms with Gasteiger partial charge in [-0.05, 0) is 48.8 Å². The van der Waals surface area contributed by atoms with Crippen LogP contribution in [-0.2, 0) is 7.05 Å². The van der Waals surface area contributed by atoms with Crippen LogP contribution in [0.5, 0.6) is 0 Å². The van der Waals surface area contributed by atoms with Crippen LogP contribution in [0.1, 0.15) is 37.3 Å². The summed E-state index contributed by atoms with van der Waals surface area (Å²) < 4.78 is 1.82. The van der Waals surface area contributed by atoms with Crippen LogP contribution < -0.4 is 5.73 Å². The summed E-state index contributed by atoms with van der Waals surface area (Å²) in [4.78, 5) is 0. The van der Waals surface area contributed by atoms with Gasteiger partial charge in [0.25, 0.3) is 0 Å². The van der Waals surface area contributed by atoms with Crippen molar-refractivity contribution in [2.75, 3.05) is 5.73 Å². The van der Waals surface area contributed by atoms with E-state index in [0.717, 1.165) is 33.8 Å². The Hall–Kier alpha value is -1.48. The van der Waals surface area contributed by atoms with E-state index in [1.807, 2.05) is 36.0 Å². The predicted molar refractivity (Wildman–Crippen MR) is 86.3 cm³/mol. The molecule has 2 bridgehead atoms. The van der Waals surface area contributed by atoms with Gasteiger partial charge in [0.1, 0.15) is 5.82 Å². The maximum absolute atomic E-state index is 6.31. The Morgan fingerprint density at radius 1 is 1.19 bits per heavy atom. The normalized spacial score (nSPS) is 27.4. The Labute approximate surface area is 130 Å². The third-order valence-electron chi connectivity index (χ3n) is 5.34. The smallest absolute Gasteiger partial charge is 0.129 e. The van der Waals surface area contributed by atoms with Gasteiger partial charge >= 0.3 is 0 Å². The number of rotatable bonds is 2. The number of nitrogens with zero attached hydrogens (tertiary/aromatic N) is 2. The topological polar surface area (TPSA) is 43.8 Å². The number of hydrogen-bond donors (Lipinski definition) is 1. The van der Waals surface area contributed by atoms with Crippen LogP contribution in [-0.4, -0.2) is 9.78 Å². The summed E-state index contributed by atoms with van der Waals surface area (Å²) in [5.74, 6) is 3.05. The molecule has 3 nitrogen and oxygen atoms in total. The van der Waals surface area contributed by atoms with E-state index in [1.165, 1.54) is 31.4 Å². The molecule has 0 spiro atoms. The minimum absolute atomic E-state index is 0.581. The van der Waals surface area contributed by atoms with Crippen molar-refractivity contribution in [2.24, 2.45) is 18.9 Å². The zero-order valence-corrected chi connectivity index (χ0v) is 13.0. The number of aryl methyl sites for hydroxylation is 1. The molecule has 3 atom stereocenters. The molecule has 4 heteroatoms. The second-order valence-electron chi connectivity index (χ2n) is 6.56. The molecule has 0 radical (unpaired) electrons. The standard InChI is InChI=1S/C17H20ClN3/c1-21-17(19)15(11-4-6-13(18)7-5-11)16(20-21)14-9-10-2-3-12(14)8-10/h4-7,10,12,14H,2-3,8-9,19H2,1H3. The molecular formula is C17H20ClN3. The molecule has 0 amide bonds. The molecule has 0 saturated heterocycles. The highest BCUT2D eigenvalue weighted by Gasteiger charge is 2.42. The fourth-order valence-electron chi connectivity index (χ4n) is 4.31. The second kappa shape index (κ2) is 4.77. The summed E-state index contributed by atoms with van der Waals surface area (Å²) in [6.07, 6.45) is 5.41. The largest absolute Gasteiger partial charge is 0.383 e. The molecule has 1 heterocycles. The molecule has 2 fully saturated rings. The van der Waals surface area contributed by atoms with Gasteiger partial charge in [0.05, 0.1) is 5.69 Å². The maximum atomic E-state index is 6.31. The first kappa shape index (κ1) is 13.2. The van der Waals surface area contributed by atoms with Crippen LogP contribution in [0, 0.1) is 11.8 Å². The van der Waals surface area contributed by atoms with E-state index in [1.54, 1.807) is 0 Å². The first-order chi connectivity index (χ1) is 10.1. The third-order valence-corrected chi connectivity index (χ3v) is 5.59. The van der Waals surface area contributed by atoms with Crippen molar-refractivity contribution in [3.05, 3.63) is 35.0 Å². The van der Waals surface area contributed by atoms with Crippen molar-refractivity contribution in [2.45, 2.75) is 31.6 Å². The van der Waals surface area contributed by atoms with Gasteiger partial charge in [-0.1, -0.05) is 30.2 Å². The zero-order valence-electron chi connectivity index (χ0n) is 12.2. The lowest BCUT2D eigenvalue weighted by atomic mass is 9.84. The lowest BCUT2D eigenvalue weighted by molar-refractivity contribution is 0.411. The van der Waals surface area contributed by atoms with Crippen molar-refractivity contribution in [1.82, 2.24) is 9.78 Å². The number of anilines is 1. The Bertz CT molecular complexity index is 674. The quantitative estimate of drug-likeness (QED) is 0.902. The van der Waals surface area contributed by atoms with Crippen LogP contribution in [0.2, 0.25) is 5.02 Å². The van der Waals surface area contributed by atoms with Crippen molar-refractivity contribution in [3.63, 3.8) is 0 Å². The molecule has 2 aromatic rings. The lowest BCUT2D eigenvalue weighted by Gasteiger charge is -2.21. The van der Waals surface area contributed by atoms with Crippen LogP contribution in [0.25, 0.3) is 11.1 Å². The summed E-state index contributed by atoms with van der Waals surface area (Å²) in [5, 5.41) is 5.52. The van der Waals surface area contributed by atoms with Crippen LogP contribution >= 0.6 is 11.6 Å². The van der Waals surface area contributed by atoms with Crippen molar-refractivity contribution in [1.29, 1.82) is 0 Å². The van der Waals surface area contributed by atoms with Gasteiger partial charge in [-0.25, -0.2) is 0 Å². The van der Waals surface area contributed by atoms with Crippen LogP contribution in [0.3, 0.4) is 0 Å². The van der Waals surface area contributed by atoms with Gasteiger partial charge in [-0.15, -0.1) is 0 Å². The van der Waals surface area contributed by atoms with E-state index >= 15 is 0 Å². The fraction of sp³-hybridized carbons (Fsp3) is 0.471. The Morgan fingerprint density at radius 3 is 2.57 bits per heavy atom. The van der Waals surface area contributed by atoms with Gasteiger partial charge in [0.15, 0.2) is 0 Å². The number of hydrogen-bond acceptors (Lipinski definition) is 2. The monoisotopic (exact) mass is 301 g/mol. The van der Waals surface area contributed by atoms with E-state index in [2.05, 4.69) is 0 Å². The predicted octanol–water partition coefficient (Wildman–Crippen LogP) is 4.23. The highest BCUT2D eigenvalue weighted by atomic mass is 35.5. The first-order valence-electron chi connectivity index (χ1n) is 7.71. The van der Waals surface area contributed by atoms with E-state index in [-0.39, 0.29) is 0 Å². The molecule has 2 saturated carbocycles. The van der Waals surface area contributed by atoms with Crippen LogP contribution in [0.4, 0.5) is 5.82 Å². The van der Waals surface area contributed by atoms with Crippen molar-refractivity contribution < 1.29 is 0 Å². The summed E-state index contributed by atoms with van der Waals surface area (Å²) in [5.41, 5.74) is 9.75. The van der Waals surface area contributed by atoms with Gasteiger partial charge in [-0.2, -0.15) is 5.10 Å². The molecule has 1 aromatic carbocycles. The number of nitrogens with two attached hydrogens (primary N) is 1. The molecule has 21 heavy (non-hydrogen) atoms. The second-order valence-corrected chi connectivity index (χ2v) is 6.99. The summed E-state index contributed by atoms with van der Waals surface area (Å²) in [6, 6.07) is 7.95. The number of fused-ring (bicyclic) bond motifs is 2. The number of aromatic nitrogens is 2. The molecule has 1 aromatic heterocycles. The average Bonchev–Trinajstić information content (AvgIpc) is 3.16. The SMILES string of the molecule is Cn1nc(C2CC3CCC2C3)c(-c2ccc(Cl)cc2)c1N. The number of halogens is 1. The lowest BCUT2D eigenvalue weighted by Crippen LogP contribution is -2.10. The number of nitrogen functional groups attached to an aromatic ring is 1. The van der Waals surface area contributed by atoms with E-state index < -0.39 is 0 Å². The van der Waals surface area contributed by atoms with Gasteiger partial charge < -0.3 is 5.73 Å². The Kier molecular flexibility index (Phi) is 3.00. The van der Waals surface area contributed by atoms with E-state index in [0.29, 0.717) is 5.92 Å². The molecule has 4 rings (SSSR count). The molecule has 110 valence electrons. The maximum Gasteiger partial charge on any atom is 0.129 e. The minimum atomic E-state index is 0.581. The molecule has 0 aliphatic heterocycles. The van der Waals surface area contributed by atoms with Crippen molar-refractivity contribution in [3.8, 4) is 11.1 Å². The van der Waals surface area contributed by atoms with E-state index in [9.17, 15) is 0 Å². The molecule has 2 N–H and O–H groups in total. The Morgan fingerprint density at radius 2 is 1.95 bits per heavy atom. The van der Waals surface area contributed by atoms with Crippen molar-refractivity contribution >= 4 is 17.4 Å². The first-order valence-corrected chi connectivity index (χ1v) is 8.09. The fourth-order valence-corrected chi connectivity index (χ4v) is 4.44. The highest BCUT2D eigenvalue weighted by Crippen LogP contribution is 2.54. The molecule has 2 aliphatic rings. The van der Waals surface area contributed by atoms with Gasteiger partial charge in [-0.3, -0.25) is 4.68 Å². The van der Waals surface area contributed by atoms with Gasteiger partial charge in [0.2, 0.25) is 0 Å². The van der Waals surface area contributed by atoms with Gasteiger partial charge in [0, 0.05) is 23.6 Å². The summed E-state index contributed by atoms with van der Waals surface area (Å²) >= 11 is 6.01. The third kappa shape index (κ3) is 2.06. The Balaban J connectivity index is 1.81. The molecular weight excluding hydrogens is 282 g/mol. The van der Waals surface area contributed by atoms with E-state index in [4.69, 9.17) is 22.4 Å². The zero-order chi connectivity index (χ0) is 14.6. The van der Waals surface area contributed by atoms with Crippen LogP contribution in [0.15, 0.2) is 24.3 Å². The summed E-state index contributed by atoms with van der Waals surface area (Å²) in [7, 11) is 1.94. The minimum Gasteiger partial charge on any atom is -0.383 e. The number of benzene rings is 1. The molecule has 2 aliphatic carbocycles. The average molecular weight is 302 g/mol.